The Morgan fingerprint density at radius 2 is 1.87 bits per heavy atom. The molecule has 0 radical (unpaired) electrons. The van der Waals surface area contributed by atoms with Gasteiger partial charge in [-0.05, 0) is 38.0 Å². The number of carbonyl (C=O) groups excluding carboxylic acids is 2. The van der Waals surface area contributed by atoms with E-state index in [0.29, 0.717) is 36.1 Å². The van der Waals surface area contributed by atoms with Crippen molar-refractivity contribution in [2.24, 2.45) is 5.92 Å². The fourth-order valence-corrected chi connectivity index (χ4v) is 1.80. The van der Waals surface area contributed by atoms with Crippen LogP contribution in [0, 0.1) is 5.92 Å². The van der Waals surface area contributed by atoms with E-state index in [0.717, 1.165) is 0 Å². The third-order valence-corrected chi connectivity index (χ3v) is 3.04. The summed E-state index contributed by atoms with van der Waals surface area (Å²) < 4.78 is 15.8. The Bertz CT molecular complexity index is 542. The van der Waals surface area contributed by atoms with Crippen LogP contribution in [0.2, 0.25) is 0 Å². The van der Waals surface area contributed by atoms with Gasteiger partial charge < -0.3 is 19.5 Å². The summed E-state index contributed by atoms with van der Waals surface area (Å²) in [4.78, 5) is 24.0. The van der Waals surface area contributed by atoms with Gasteiger partial charge in [0.1, 0.15) is 0 Å². The van der Waals surface area contributed by atoms with Crippen LogP contribution in [0.5, 0.6) is 11.5 Å². The van der Waals surface area contributed by atoms with E-state index in [1.165, 1.54) is 13.2 Å². The van der Waals surface area contributed by atoms with E-state index in [1.807, 2.05) is 20.8 Å². The Morgan fingerprint density at radius 3 is 2.43 bits per heavy atom. The van der Waals surface area contributed by atoms with Crippen LogP contribution >= 0.6 is 0 Å². The van der Waals surface area contributed by atoms with Crippen molar-refractivity contribution in [3.63, 3.8) is 0 Å². The molecule has 0 aliphatic carbocycles. The molecule has 0 heterocycles. The second-order valence-electron chi connectivity index (χ2n) is 5.49. The number of benzene rings is 1. The minimum atomic E-state index is -0.862. The van der Waals surface area contributed by atoms with Gasteiger partial charge in [-0.25, -0.2) is 4.79 Å². The average molecular weight is 323 g/mol. The molecule has 1 atom stereocenters. The van der Waals surface area contributed by atoms with Crippen molar-refractivity contribution in [3.05, 3.63) is 23.8 Å². The van der Waals surface area contributed by atoms with Crippen LogP contribution in [0.15, 0.2) is 18.2 Å². The maximum atomic E-state index is 12.1. The number of hydrogen-bond donors (Lipinski definition) is 1. The lowest BCUT2D eigenvalue weighted by atomic mass is 10.2. The van der Waals surface area contributed by atoms with Crippen molar-refractivity contribution in [1.82, 2.24) is 5.32 Å². The summed E-state index contributed by atoms with van der Waals surface area (Å²) in [7, 11) is 1.49. The summed E-state index contributed by atoms with van der Waals surface area (Å²) in [5.41, 5.74) is 0.300. The van der Waals surface area contributed by atoms with E-state index in [1.54, 1.807) is 19.1 Å². The number of carbonyl (C=O) groups is 2. The monoisotopic (exact) mass is 323 g/mol. The number of ether oxygens (including phenoxy) is 3. The molecule has 0 aromatic heterocycles. The Kier molecular flexibility index (Phi) is 7.38. The highest BCUT2D eigenvalue weighted by atomic mass is 16.5. The van der Waals surface area contributed by atoms with E-state index in [-0.39, 0.29) is 5.91 Å². The van der Waals surface area contributed by atoms with E-state index < -0.39 is 12.1 Å². The normalized spacial score (nSPS) is 11.7. The Balaban J connectivity index is 2.72. The molecule has 1 N–H and O–H groups in total. The van der Waals surface area contributed by atoms with Crippen LogP contribution in [-0.4, -0.2) is 38.2 Å². The minimum absolute atomic E-state index is 0.300. The summed E-state index contributed by atoms with van der Waals surface area (Å²) >= 11 is 0. The molecule has 0 aliphatic rings. The smallest absolute Gasteiger partial charge is 0.339 e. The zero-order valence-electron chi connectivity index (χ0n) is 14.3. The van der Waals surface area contributed by atoms with Crippen LogP contribution in [-0.2, 0) is 9.53 Å². The molecule has 0 aliphatic heterocycles. The summed E-state index contributed by atoms with van der Waals surface area (Å²) in [6.45, 7) is 8.41. The lowest BCUT2D eigenvalue weighted by Gasteiger charge is -2.15. The topological polar surface area (TPSA) is 73.9 Å². The van der Waals surface area contributed by atoms with Crippen LogP contribution in [0.25, 0.3) is 0 Å². The zero-order chi connectivity index (χ0) is 17.4. The summed E-state index contributed by atoms with van der Waals surface area (Å²) in [6, 6.07) is 4.75. The first kappa shape index (κ1) is 18.8. The van der Waals surface area contributed by atoms with Crippen LogP contribution < -0.4 is 14.8 Å². The zero-order valence-corrected chi connectivity index (χ0v) is 14.3. The number of rotatable bonds is 8. The summed E-state index contributed by atoms with van der Waals surface area (Å²) in [5.74, 6) is 0.424. The van der Waals surface area contributed by atoms with E-state index in [2.05, 4.69) is 5.32 Å². The molecule has 1 aromatic rings. The van der Waals surface area contributed by atoms with Crippen molar-refractivity contribution in [2.75, 3.05) is 20.3 Å². The average Bonchev–Trinajstić information content (AvgIpc) is 2.52. The largest absolute Gasteiger partial charge is 0.493 e. The number of esters is 1. The quantitative estimate of drug-likeness (QED) is 0.744. The number of nitrogens with one attached hydrogen (secondary N) is 1. The van der Waals surface area contributed by atoms with E-state index >= 15 is 0 Å². The Morgan fingerprint density at radius 1 is 1.17 bits per heavy atom. The molecule has 1 aromatic carbocycles. The molecule has 0 spiro atoms. The molecular formula is C17H25NO5. The van der Waals surface area contributed by atoms with Gasteiger partial charge in [0, 0.05) is 6.54 Å². The second-order valence-corrected chi connectivity index (χ2v) is 5.49. The van der Waals surface area contributed by atoms with Crippen molar-refractivity contribution in [3.8, 4) is 11.5 Å². The molecular weight excluding hydrogens is 298 g/mol. The van der Waals surface area contributed by atoms with Gasteiger partial charge in [-0.15, -0.1) is 0 Å². The van der Waals surface area contributed by atoms with Gasteiger partial charge in [0.2, 0.25) is 0 Å². The molecule has 0 fully saturated rings. The molecule has 6 nitrogen and oxygen atoms in total. The highest BCUT2D eigenvalue weighted by molar-refractivity contribution is 5.92. The predicted molar refractivity (Wildman–Crippen MR) is 86.9 cm³/mol. The molecule has 128 valence electrons. The first-order valence-electron chi connectivity index (χ1n) is 7.68. The molecule has 23 heavy (non-hydrogen) atoms. The highest BCUT2D eigenvalue weighted by Crippen LogP contribution is 2.28. The minimum Gasteiger partial charge on any atom is -0.493 e. The molecule has 0 saturated carbocycles. The maximum Gasteiger partial charge on any atom is 0.339 e. The fraction of sp³-hybridized carbons (Fsp3) is 0.529. The first-order valence-corrected chi connectivity index (χ1v) is 7.68. The standard InChI is InChI=1S/C17H25NO5/c1-6-22-14-8-7-13(9-15(14)21-5)17(20)23-12(4)16(19)18-10-11(2)3/h7-9,11-12H,6,10H2,1-5H3,(H,18,19)/t12-/m1/s1. The molecule has 0 unspecified atom stereocenters. The lowest BCUT2D eigenvalue weighted by Crippen LogP contribution is -2.37. The van der Waals surface area contributed by atoms with Gasteiger partial charge in [0.05, 0.1) is 19.3 Å². The highest BCUT2D eigenvalue weighted by Gasteiger charge is 2.20. The van der Waals surface area contributed by atoms with Crippen molar-refractivity contribution in [1.29, 1.82) is 0 Å². The third-order valence-electron chi connectivity index (χ3n) is 3.04. The van der Waals surface area contributed by atoms with Gasteiger partial charge in [0.15, 0.2) is 17.6 Å². The third kappa shape index (κ3) is 5.81. The summed E-state index contributed by atoms with van der Waals surface area (Å²) in [6.07, 6.45) is -0.862. The predicted octanol–water partition coefficient (Wildman–Crippen LogP) is 2.41. The van der Waals surface area contributed by atoms with Gasteiger partial charge in [-0.2, -0.15) is 0 Å². The van der Waals surface area contributed by atoms with Gasteiger partial charge >= 0.3 is 5.97 Å². The van der Waals surface area contributed by atoms with Crippen molar-refractivity contribution >= 4 is 11.9 Å². The summed E-state index contributed by atoms with van der Waals surface area (Å²) in [5, 5.41) is 2.73. The maximum absolute atomic E-state index is 12.1. The second kappa shape index (κ2) is 9.02. The van der Waals surface area contributed by atoms with Gasteiger partial charge in [-0.3, -0.25) is 4.79 Å². The SMILES string of the molecule is CCOc1ccc(C(=O)O[C@H](C)C(=O)NCC(C)C)cc1OC. The van der Waals surface area contributed by atoms with E-state index in [9.17, 15) is 9.59 Å². The molecule has 0 bridgehead atoms. The van der Waals surface area contributed by atoms with Crippen molar-refractivity contribution in [2.45, 2.75) is 33.8 Å². The van der Waals surface area contributed by atoms with Gasteiger partial charge in [0.25, 0.3) is 5.91 Å². The fourth-order valence-electron chi connectivity index (χ4n) is 1.80. The molecule has 6 heteroatoms. The Hall–Kier alpha value is -2.24. The van der Waals surface area contributed by atoms with Gasteiger partial charge in [-0.1, -0.05) is 13.8 Å². The number of methoxy groups -OCH3 is 1. The van der Waals surface area contributed by atoms with E-state index in [4.69, 9.17) is 14.2 Å². The molecule has 0 saturated heterocycles. The first-order chi connectivity index (χ1) is 10.9. The number of hydrogen-bond acceptors (Lipinski definition) is 5. The Labute approximate surface area is 137 Å². The van der Waals surface area contributed by atoms with Crippen LogP contribution in [0.3, 0.4) is 0 Å². The molecule has 1 rings (SSSR count). The van der Waals surface area contributed by atoms with Crippen molar-refractivity contribution < 1.29 is 23.8 Å². The molecule has 1 amide bonds. The number of amides is 1. The van der Waals surface area contributed by atoms with Crippen LogP contribution in [0.4, 0.5) is 0 Å². The lowest BCUT2D eigenvalue weighted by molar-refractivity contribution is -0.129. The van der Waals surface area contributed by atoms with Crippen LogP contribution in [0.1, 0.15) is 38.1 Å².